The Morgan fingerprint density at radius 3 is 1.84 bits per heavy atom. The van der Waals surface area contributed by atoms with Crippen LogP contribution >= 0.6 is 11.6 Å². The minimum atomic E-state index is -6.28. The van der Waals surface area contributed by atoms with Crippen LogP contribution in [0.25, 0.3) is 0 Å². The molecular formula is C20H15ClF7NO2. The Kier molecular flexibility index (Phi) is 6.47. The lowest BCUT2D eigenvalue weighted by Crippen LogP contribution is -2.50. The molecule has 168 valence electrons. The normalized spacial score (nSPS) is 14.4. The van der Waals surface area contributed by atoms with Crippen LogP contribution < -0.4 is 4.90 Å². The topological polar surface area (TPSA) is 37.4 Å². The minimum Gasteiger partial charge on any atom is -0.268 e. The van der Waals surface area contributed by atoms with Crippen molar-refractivity contribution in [3.05, 3.63) is 63.7 Å². The fraction of sp³-hybridized carbons (Fsp3) is 0.300. The largest absolute Gasteiger partial charge is 0.435 e. The zero-order valence-corrected chi connectivity index (χ0v) is 17.0. The second kappa shape index (κ2) is 8.14. The third-order valence-electron chi connectivity index (χ3n) is 4.48. The van der Waals surface area contributed by atoms with E-state index in [-0.39, 0.29) is 33.5 Å². The van der Waals surface area contributed by atoms with Crippen LogP contribution in [0.5, 0.6) is 0 Å². The summed E-state index contributed by atoms with van der Waals surface area (Å²) < 4.78 is 91.9. The van der Waals surface area contributed by atoms with Gasteiger partial charge in [0.05, 0.1) is 21.8 Å². The molecule has 1 heterocycles. The number of nitrogens with zero attached hydrogens (tertiary/aromatic N) is 1. The van der Waals surface area contributed by atoms with Crippen LogP contribution in [0, 0.1) is 6.92 Å². The first-order valence-electron chi connectivity index (χ1n) is 8.82. The van der Waals surface area contributed by atoms with Crippen LogP contribution in [0.3, 0.4) is 0 Å². The second-order valence-corrected chi connectivity index (χ2v) is 6.67. The van der Waals surface area contributed by atoms with Crippen LogP contribution in [0.2, 0.25) is 5.02 Å². The Hall–Kier alpha value is -2.62. The van der Waals surface area contributed by atoms with Crippen molar-refractivity contribution in [1.82, 2.24) is 0 Å². The van der Waals surface area contributed by atoms with Gasteiger partial charge in [0.1, 0.15) is 0 Å². The Balaban J connectivity index is 0.00000166. The highest BCUT2D eigenvalue weighted by atomic mass is 35.5. The highest BCUT2D eigenvalue weighted by molar-refractivity contribution is 6.42. The third-order valence-corrected chi connectivity index (χ3v) is 4.80. The lowest BCUT2D eigenvalue weighted by molar-refractivity contribution is -0.348. The van der Waals surface area contributed by atoms with Gasteiger partial charge in [0.2, 0.25) is 0 Å². The molecule has 1 aliphatic heterocycles. The number of carbonyl (C=O) groups is 2. The Labute approximate surface area is 177 Å². The molecule has 2 amide bonds. The van der Waals surface area contributed by atoms with Crippen LogP contribution in [-0.4, -0.2) is 24.2 Å². The van der Waals surface area contributed by atoms with E-state index in [9.17, 15) is 40.3 Å². The lowest BCUT2D eigenvalue weighted by atomic mass is 9.92. The van der Waals surface area contributed by atoms with Crippen molar-refractivity contribution in [2.24, 2.45) is 0 Å². The van der Waals surface area contributed by atoms with Crippen molar-refractivity contribution < 1.29 is 40.3 Å². The van der Waals surface area contributed by atoms with Crippen molar-refractivity contribution in [3.63, 3.8) is 0 Å². The van der Waals surface area contributed by atoms with E-state index in [4.69, 9.17) is 11.6 Å². The van der Waals surface area contributed by atoms with Gasteiger partial charge in [0, 0.05) is 5.56 Å². The number of alkyl halides is 7. The molecule has 0 fully saturated rings. The number of aryl methyl sites for hydroxylation is 1. The molecule has 2 aromatic rings. The Morgan fingerprint density at radius 1 is 0.839 bits per heavy atom. The molecule has 31 heavy (non-hydrogen) atoms. The maximum Gasteiger partial charge on any atom is 0.435 e. The van der Waals surface area contributed by atoms with Crippen molar-refractivity contribution in [2.45, 2.75) is 38.8 Å². The van der Waals surface area contributed by atoms with Gasteiger partial charge in [-0.15, -0.1) is 0 Å². The summed E-state index contributed by atoms with van der Waals surface area (Å²) in [6, 6.07) is 5.25. The fourth-order valence-corrected chi connectivity index (χ4v) is 3.33. The van der Waals surface area contributed by atoms with Crippen molar-refractivity contribution in [1.29, 1.82) is 0 Å². The maximum absolute atomic E-state index is 14.2. The molecule has 0 saturated carbocycles. The lowest BCUT2D eigenvalue weighted by Gasteiger charge is -2.31. The molecule has 0 bridgehead atoms. The molecule has 0 spiro atoms. The smallest absolute Gasteiger partial charge is 0.268 e. The van der Waals surface area contributed by atoms with E-state index in [0.717, 1.165) is 6.92 Å². The van der Waals surface area contributed by atoms with E-state index in [1.807, 2.05) is 13.8 Å². The van der Waals surface area contributed by atoms with Gasteiger partial charge in [-0.05, 0) is 30.7 Å². The Bertz CT molecular complexity index is 1020. The summed E-state index contributed by atoms with van der Waals surface area (Å²) in [5, 5.41) is -0.0467. The third kappa shape index (κ3) is 3.77. The number of anilines is 1. The van der Waals surface area contributed by atoms with Crippen LogP contribution in [-0.2, 0) is 5.67 Å². The molecule has 2 aromatic carbocycles. The molecule has 0 unspecified atom stereocenters. The highest BCUT2D eigenvalue weighted by Crippen LogP contribution is 2.53. The van der Waals surface area contributed by atoms with Gasteiger partial charge >= 0.3 is 18.0 Å². The first kappa shape index (κ1) is 24.6. The quantitative estimate of drug-likeness (QED) is 0.360. The molecule has 0 N–H and O–H groups in total. The van der Waals surface area contributed by atoms with Gasteiger partial charge in [-0.1, -0.05) is 43.6 Å². The molecular weight excluding hydrogens is 455 g/mol. The summed E-state index contributed by atoms with van der Waals surface area (Å²) in [7, 11) is 0. The van der Waals surface area contributed by atoms with Crippen molar-refractivity contribution in [2.75, 3.05) is 4.90 Å². The molecule has 0 aliphatic carbocycles. The average Bonchev–Trinajstić information content (AvgIpc) is 2.92. The van der Waals surface area contributed by atoms with Gasteiger partial charge in [0.25, 0.3) is 11.8 Å². The number of benzene rings is 2. The summed E-state index contributed by atoms with van der Waals surface area (Å²) in [4.78, 5) is 25.7. The van der Waals surface area contributed by atoms with E-state index >= 15 is 0 Å². The van der Waals surface area contributed by atoms with Gasteiger partial charge in [-0.3, -0.25) is 9.59 Å². The van der Waals surface area contributed by atoms with E-state index in [1.165, 1.54) is 18.2 Å². The number of amides is 2. The van der Waals surface area contributed by atoms with Gasteiger partial charge in [0.15, 0.2) is 0 Å². The molecule has 0 aromatic heterocycles. The van der Waals surface area contributed by atoms with Gasteiger partial charge in [-0.25, -0.2) is 9.29 Å². The molecule has 3 rings (SSSR count). The number of hydrogen-bond donors (Lipinski definition) is 0. The van der Waals surface area contributed by atoms with Crippen molar-refractivity contribution in [3.8, 4) is 0 Å². The molecule has 0 saturated heterocycles. The minimum absolute atomic E-state index is 0.0467. The predicted molar refractivity (Wildman–Crippen MR) is 100 cm³/mol. The number of fused-ring (bicyclic) bond motifs is 1. The summed E-state index contributed by atoms with van der Waals surface area (Å²) in [6.45, 7) is 5.05. The number of carbonyl (C=O) groups excluding carboxylic acids is 2. The van der Waals surface area contributed by atoms with Crippen LogP contribution in [0.1, 0.15) is 45.7 Å². The summed E-state index contributed by atoms with van der Waals surface area (Å²) in [5.74, 6) is -1.76. The first-order chi connectivity index (χ1) is 14.2. The summed E-state index contributed by atoms with van der Waals surface area (Å²) in [5.41, 5.74) is -8.18. The van der Waals surface area contributed by atoms with Crippen LogP contribution in [0.15, 0.2) is 36.4 Å². The second-order valence-electron chi connectivity index (χ2n) is 6.26. The van der Waals surface area contributed by atoms with Crippen molar-refractivity contribution >= 4 is 29.1 Å². The first-order valence-corrected chi connectivity index (χ1v) is 9.20. The number of rotatable bonds is 2. The molecule has 1 aliphatic rings. The number of halogens is 8. The standard InChI is InChI=1S/C18H9ClF7NO2.C2H6/c1-8-7-9(16(20,17(21,22)23)18(24,25)26)5-6-12(8)27-14(28)10-3-2-4-11(19)13(10)15(27)29;1-2/h2-7H,1H3;1-2H3. The fourth-order valence-electron chi connectivity index (χ4n) is 3.07. The van der Waals surface area contributed by atoms with E-state index in [0.29, 0.717) is 17.0 Å². The summed E-state index contributed by atoms with van der Waals surface area (Å²) in [6.07, 6.45) is -12.6. The number of hydrogen-bond acceptors (Lipinski definition) is 2. The zero-order chi connectivity index (χ0) is 23.9. The number of imide groups is 1. The molecule has 0 radical (unpaired) electrons. The predicted octanol–water partition coefficient (Wildman–Crippen LogP) is 6.76. The van der Waals surface area contributed by atoms with E-state index in [2.05, 4.69) is 0 Å². The van der Waals surface area contributed by atoms with Crippen LogP contribution in [0.4, 0.5) is 36.4 Å². The zero-order valence-electron chi connectivity index (χ0n) is 16.3. The molecule has 11 heteroatoms. The Morgan fingerprint density at radius 2 is 1.39 bits per heavy atom. The summed E-state index contributed by atoms with van der Waals surface area (Å²) >= 11 is 5.91. The molecule has 3 nitrogen and oxygen atoms in total. The van der Waals surface area contributed by atoms with Gasteiger partial charge in [-0.2, -0.15) is 26.3 Å². The van der Waals surface area contributed by atoms with E-state index in [1.54, 1.807) is 0 Å². The average molecular weight is 470 g/mol. The maximum atomic E-state index is 14.2. The highest BCUT2D eigenvalue weighted by Gasteiger charge is 2.73. The van der Waals surface area contributed by atoms with Gasteiger partial charge < -0.3 is 0 Å². The SMILES string of the molecule is CC.Cc1cc(C(F)(C(F)(F)F)C(F)(F)F)ccc1N1C(=O)c2cccc(Cl)c2C1=O. The molecule has 0 atom stereocenters. The van der Waals surface area contributed by atoms with E-state index < -0.39 is 35.4 Å². The monoisotopic (exact) mass is 469 g/mol.